The van der Waals surface area contributed by atoms with Gasteiger partial charge in [-0.1, -0.05) is 11.6 Å². The van der Waals surface area contributed by atoms with Crippen LogP contribution >= 0.6 is 11.6 Å². The number of nitrogens with one attached hydrogen (secondary N) is 1. The van der Waals surface area contributed by atoms with Gasteiger partial charge >= 0.3 is 5.63 Å². The van der Waals surface area contributed by atoms with Crippen LogP contribution in [-0.4, -0.2) is 33.8 Å². The van der Waals surface area contributed by atoms with Crippen LogP contribution in [0, 0.1) is 0 Å². The lowest BCUT2D eigenvalue weighted by atomic mass is 9.91. The van der Waals surface area contributed by atoms with Crippen molar-refractivity contribution in [1.29, 1.82) is 0 Å². The van der Waals surface area contributed by atoms with E-state index in [1.165, 1.54) is 21.3 Å². The van der Waals surface area contributed by atoms with Crippen LogP contribution in [0.25, 0.3) is 11.0 Å². The maximum absolute atomic E-state index is 12.5. The first-order chi connectivity index (χ1) is 15.9. The summed E-state index contributed by atoms with van der Waals surface area (Å²) in [5.41, 5.74) is 2.22. The number of amides is 1. The molecule has 2 aromatic carbocycles. The quantitative estimate of drug-likeness (QED) is 0.509. The number of carbonyl (C=O) groups is 1. The standard InChI is InChI=1S/C24H24ClNO7/c1-29-20-8-13(9-21(30-2)23(20)31-3)26-22(27)12-32-19-11-18-16(10-17(19)25)14-6-4-5-7-15(14)24(28)33-18/h8-11H,4-7,12H2,1-3H3,(H,26,27). The van der Waals surface area contributed by atoms with Gasteiger partial charge in [-0.25, -0.2) is 4.79 Å². The zero-order valence-corrected chi connectivity index (χ0v) is 19.3. The number of methoxy groups -OCH3 is 3. The molecule has 0 saturated heterocycles. The van der Waals surface area contributed by atoms with Crippen molar-refractivity contribution in [2.45, 2.75) is 25.7 Å². The minimum atomic E-state index is -0.424. The van der Waals surface area contributed by atoms with Gasteiger partial charge in [0.25, 0.3) is 5.91 Å². The van der Waals surface area contributed by atoms with Crippen LogP contribution in [-0.2, 0) is 17.6 Å². The SMILES string of the molecule is COc1cc(NC(=O)COc2cc3oc(=O)c4c(c3cc2Cl)CCCC4)cc(OC)c1OC. The van der Waals surface area contributed by atoms with Gasteiger partial charge in [0, 0.05) is 34.8 Å². The number of ether oxygens (including phenoxy) is 4. The predicted molar refractivity (Wildman–Crippen MR) is 124 cm³/mol. The maximum atomic E-state index is 12.5. The molecule has 9 heteroatoms. The van der Waals surface area contributed by atoms with E-state index in [2.05, 4.69) is 5.32 Å². The van der Waals surface area contributed by atoms with Crippen molar-refractivity contribution in [3.63, 3.8) is 0 Å². The van der Waals surface area contributed by atoms with E-state index in [-0.39, 0.29) is 18.0 Å². The first kappa shape index (κ1) is 22.8. The molecular weight excluding hydrogens is 450 g/mol. The summed E-state index contributed by atoms with van der Waals surface area (Å²) < 4.78 is 27.0. The number of hydrogen-bond acceptors (Lipinski definition) is 7. The van der Waals surface area contributed by atoms with E-state index in [1.807, 2.05) is 0 Å². The minimum Gasteiger partial charge on any atom is -0.493 e. The number of hydrogen-bond donors (Lipinski definition) is 1. The number of fused-ring (bicyclic) bond motifs is 3. The van der Waals surface area contributed by atoms with Gasteiger partial charge in [0.1, 0.15) is 11.3 Å². The molecule has 1 amide bonds. The molecule has 0 atom stereocenters. The second-order valence-corrected chi connectivity index (χ2v) is 7.99. The molecule has 0 unspecified atom stereocenters. The third-order valence-corrected chi connectivity index (χ3v) is 5.88. The molecule has 33 heavy (non-hydrogen) atoms. The van der Waals surface area contributed by atoms with Gasteiger partial charge in [0.05, 0.1) is 26.4 Å². The van der Waals surface area contributed by atoms with E-state index in [9.17, 15) is 9.59 Å². The highest BCUT2D eigenvalue weighted by Gasteiger charge is 2.20. The molecular formula is C24H24ClNO7. The van der Waals surface area contributed by atoms with Crippen molar-refractivity contribution in [1.82, 2.24) is 0 Å². The smallest absolute Gasteiger partial charge is 0.339 e. The largest absolute Gasteiger partial charge is 0.493 e. The second kappa shape index (κ2) is 9.62. The van der Waals surface area contributed by atoms with Crippen LogP contribution in [0.3, 0.4) is 0 Å². The summed E-state index contributed by atoms with van der Waals surface area (Å²) >= 11 is 6.42. The second-order valence-electron chi connectivity index (χ2n) is 7.58. The summed E-state index contributed by atoms with van der Waals surface area (Å²) in [5, 5.41) is 3.87. The first-order valence-electron chi connectivity index (χ1n) is 10.5. The molecule has 0 fully saturated rings. The molecule has 1 heterocycles. The lowest BCUT2D eigenvalue weighted by molar-refractivity contribution is -0.118. The zero-order chi connectivity index (χ0) is 23.5. The van der Waals surface area contributed by atoms with E-state index in [0.717, 1.165) is 35.8 Å². The molecule has 1 N–H and O–H groups in total. The zero-order valence-electron chi connectivity index (χ0n) is 18.6. The molecule has 0 saturated carbocycles. The Bertz CT molecular complexity index is 1240. The third kappa shape index (κ3) is 4.57. The Morgan fingerprint density at radius 3 is 2.27 bits per heavy atom. The summed E-state index contributed by atoms with van der Waals surface area (Å²) in [6.45, 7) is -0.308. The summed E-state index contributed by atoms with van der Waals surface area (Å²) in [6.07, 6.45) is 3.51. The number of carbonyl (C=O) groups excluding carboxylic acids is 1. The Kier molecular flexibility index (Phi) is 6.65. The average Bonchev–Trinajstić information content (AvgIpc) is 2.82. The highest BCUT2D eigenvalue weighted by Crippen LogP contribution is 2.40. The van der Waals surface area contributed by atoms with Gasteiger partial charge < -0.3 is 28.7 Å². The van der Waals surface area contributed by atoms with Crippen LogP contribution in [0.5, 0.6) is 23.0 Å². The van der Waals surface area contributed by atoms with Crippen molar-refractivity contribution in [3.8, 4) is 23.0 Å². The Morgan fingerprint density at radius 2 is 1.64 bits per heavy atom. The van der Waals surface area contributed by atoms with E-state index in [4.69, 9.17) is 35.0 Å². The lowest BCUT2D eigenvalue weighted by Gasteiger charge is -2.17. The van der Waals surface area contributed by atoms with E-state index in [0.29, 0.717) is 40.0 Å². The fourth-order valence-electron chi connectivity index (χ4n) is 4.05. The van der Waals surface area contributed by atoms with Crippen molar-refractivity contribution in [2.75, 3.05) is 33.3 Å². The van der Waals surface area contributed by atoms with Gasteiger partial charge in [-0.3, -0.25) is 4.79 Å². The predicted octanol–water partition coefficient (Wildman–Crippen LogP) is 4.37. The summed E-state index contributed by atoms with van der Waals surface area (Å²) in [5.74, 6) is 1.06. The molecule has 1 aliphatic rings. The number of halogens is 1. The Hall–Kier alpha value is -3.39. The fourth-order valence-corrected chi connectivity index (χ4v) is 4.27. The topological polar surface area (TPSA) is 96.2 Å². The number of benzene rings is 2. The van der Waals surface area contributed by atoms with Crippen LogP contribution in [0.1, 0.15) is 24.0 Å². The van der Waals surface area contributed by atoms with Crippen LogP contribution in [0.15, 0.2) is 33.5 Å². The lowest BCUT2D eigenvalue weighted by Crippen LogP contribution is -2.20. The van der Waals surface area contributed by atoms with E-state index < -0.39 is 5.91 Å². The molecule has 0 aliphatic heterocycles. The number of aryl methyl sites for hydroxylation is 1. The number of rotatable bonds is 7. The molecule has 8 nitrogen and oxygen atoms in total. The van der Waals surface area contributed by atoms with Gasteiger partial charge in [-0.15, -0.1) is 0 Å². The highest BCUT2D eigenvalue weighted by molar-refractivity contribution is 6.32. The molecule has 3 aromatic rings. The summed E-state index contributed by atoms with van der Waals surface area (Å²) in [4.78, 5) is 24.9. The van der Waals surface area contributed by atoms with Gasteiger partial charge in [0.2, 0.25) is 5.75 Å². The van der Waals surface area contributed by atoms with Gasteiger partial charge in [-0.05, 0) is 37.3 Å². The molecule has 1 aliphatic carbocycles. The Morgan fingerprint density at radius 1 is 0.970 bits per heavy atom. The highest BCUT2D eigenvalue weighted by atomic mass is 35.5. The first-order valence-corrected chi connectivity index (χ1v) is 10.8. The Labute approximate surface area is 195 Å². The van der Waals surface area contributed by atoms with E-state index in [1.54, 1.807) is 24.3 Å². The van der Waals surface area contributed by atoms with Crippen molar-refractivity contribution < 1.29 is 28.2 Å². The van der Waals surface area contributed by atoms with Crippen molar-refractivity contribution >= 4 is 34.2 Å². The normalized spacial score (nSPS) is 12.7. The molecule has 4 rings (SSSR count). The molecule has 1 aromatic heterocycles. The van der Waals surface area contributed by atoms with Gasteiger partial charge in [0.15, 0.2) is 18.1 Å². The maximum Gasteiger partial charge on any atom is 0.339 e. The average molecular weight is 474 g/mol. The summed E-state index contributed by atoms with van der Waals surface area (Å²) in [7, 11) is 4.48. The van der Waals surface area contributed by atoms with E-state index >= 15 is 0 Å². The Balaban J connectivity index is 1.52. The van der Waals surface area contributed by atoms with Crippen LogP contribution in [0.4, 0.5) is 5.69 Å². The molecule has 0 radical (unpaired) electrons. The monoisotopic (exact) mass is 473 g/mol. The molecule has 0 spiro atoms. The van der Waals surface area contributed by atoms with Crippen LogP contribution in [0.2, 0.25) is 5.02 Å². The number of anilines is 1. The van der Waals surface area contributed by atoms with Crippen molar-refractivity contribution in [2.24, 2.45) is 0 Å². The van der Waals surface area contributed by atoms with Crippen molar-refractivity contribution in [3.05, 3.63) is 50.8 Å². The summed E-state index contributed by atoms with van der Waals surface area (Å²) in [6, 6.07) is 6.51. The minimum absolute atomic E-state index is 0.253. The van der Waals surface area contributed by atoms with Gasteiger partial charge in [-0.2, -0.15) is 0 Å². The molecule has 174 valence electrons. The molecule has 0 bridgehead atoms. The van der Waals surface area contributed by atoms with Crippen LogP contribution < -0.4 is 29.9 Å². The fraction of sp³-hybridized carbons (Fsp3) is 0.333. The third-order valence-electron chi connectivity index (χ3n) is 5.58.